The molecule has 0 fully saturated rings. The molecule has 0 bridgehead atoms. The molecule has 0 saturated carbocycles. The van der Waals surface area contributed by atoms with Crippen LogP contribution in [0.15, 0.2) is 10.7 Å². The molecule has 1 heterocycles. The highest BCUT2D eigenvalue weighted by molar-refractivity contribution is 5.11. The van der Waals surface area contributed by atoms with Gasteiger partial charge in [-0.1, -0.05) is 5.16 Å². The summed E-state index contributed by atoms with van der Waals surface area (Å²) in [5.41, 5.74) is 0.984. The van der Waals surface area contributed by atoms with Crippen molar-refractivity contribution in [3.8, 4) is 0 Å². The Morgan fingerprint density at radius 3 is 3.00 bits per heavy atom. The lowest BCUT2D eigenvalue weighted by Gasteiger charge is -1.88. The van der Waals surface area contributed by atoms with E-state index in [1.807, 2.05) is 6.92 Å². The summed E-state index contributed by atoms with van der Waals surface area (Å²) >= 11 is 0. The van der Waals surface area contributed by atoms with Crippen LogP contribution in [-0.2, 0) is 6.42 Å². The van der Waals surface area contributed by atoms with Crippen LogP contribution in [0.3, 0.4) is 0 Å². The van der Waals surface area contributed by atoms with Crippen molar-refractivity contribution < 1.29 is 9.63 Å². The monoisotopic (exact) mass is 127 g/mol. The average molecular weight is 127 g/mol. The zero-order valence-electron chi connectivity index (χ0n) is 5.29. The van der Waals surface area contributed by atoms with Gasteiger partial charge in [-0.15, -0.1) is 0 Å². The van der Waals surface area contributed by atoms with E-state index in [0.717, 1.165) is 11.3 Å². The second-order valence-electron chi connectivity index (χ2n) is 1.88. The van der Waals surface area contributed by atoms with E-state index in [2.05, 4.69) is 5.16 Å². The Bertz CT molecular complexity index is 183. The van der Waals surface area contributed by atoms with Gasteiger partial charge in [0.15, 0.2) is 0 Å². The van der Waals surface area contributed by atoms with Gasteiger partial charge in [-0.2, -0.15) is 0 Å². The summed E-state index contributed by atoms with van der Waals surface area (Å²) in [5.74, 6) is 0.795. The third kappa shape index (κ3) is 1.29. The Kier molecular flexibility index (Phi) is 1.85. The number of hydrogen-bond donors (Lipinski definition) is 1. The molecule has 50 valence electrons. The fourth-order valence-corrected chi connectivity index (χ4v) is 0.680. The minimum Gasteiger partial charge on any atom is -0.396 e. The van der Waals surface area contributed by atoms with Crippen molar-refractivity contribution in [1.29, 1.82) is 0 Å². The van der Waals surface area contributed by atoms with Crippen molar-refractivity contribution in [2.45, 2.75) is 13.3 Å². The van der Waals surface area contributed by atoms with Crippen molar-refractivity contribution in [3.63, 3.8) is 0 Å². The largest absolute Gasteiger partial charge is 0.396 e. The lowest BCUT2D eigenvalue weighted by atomic mass is 10.2. The minimum atomic E-state index is 0.155. The van der Waals surface area contributed by atoms with Crippen LogP contribution in [0.5, 0.6) is 0 Å². The number of rotatable bonds is 2. The quantitative estimate of drug-likeness (QED) is 0.629. The normalized spacial score (nSPS) is 10.0. The van der Waals surface area contributed by atoms with Crippen LogP contribution in [0.4, 0.5) is 0 Å². The Morgan fingerprint density at radius 1 is 1.78 bits per heavy atom. The Morgan fingerprint density at radius 2 is 2.56 bits per heavy atom. The molecule has 3 nitrogen and oxygen atoms in total. The van der Waals surface area contributed by atoms with E-state index in [1.54, 1.807) is 6.20 Å². The van der Waals surface area contributed by atoms with Gasteiger partial charge in [0.05, 0.1) is 6.20 Å². The van der Waals surface area contributed by atoms with Crippen LogP contribution >= 0.6 is 0 Å². The van der Waals surface area contributed by atoms with Crippen LogP contribution < -0.4 is 0 Å². The van der Waals surface area contributed by atoms with Crippen LogP contribution in [0.2, 0.25) is 0 Å². The number of hydrogen-bond acceptors (Lipinski definition) is 3. The Labute approximate surface area is 53.3 Å². The zero-order valence-corrected chi connectivity index (χ0v) is 5.29. The maximum atomic E-state index is 8.49. The van der Waals surface area contributed by atoms with E-state index < -0.39 is 0 Å². The van der Waals surface area contributed by atoms with Gasteiger partial charge in [-0.3, -0.25) is 0 Å². The number of nitrogens with zero attached hydrogens (tertiary/aromatic N) is 1. The third-order valence-electron chi connectivity index (χ3n) is 1.23. The lowest BCUT2D eigenvalue weighted by Crippen LogP contribution is -1.89. The highest BCUT2D eigenvalue weighted by Gasteiger charge is 1.99. The summed E-state index contributed by atoms with van der Waals surface area (Å²) in [7, 11) is 0. The zero-order chi connectivity index (χ0) is 6.69. The van der Waals surface area contributed by atoms with Gasteiger partial charge in [0, 0.05) is 18.6 Å². The second-order valence-corrected chi connectivity index (χ2v) is 1.88. The second kappa shape index (κ2) is 2.64. The van der Waals surface area contributed by atoms with Crippen molar-refractivity contribution in [3.05, 3.63) is 17.5 Å². The fraction of sp³-hybridized carbons (Fsp3) is 0.500. The molecule has 1 N–H and O–H groups in total. The third-order valence-corrected chi connectivity index (χ3v) is 1.23. The van der Waals surface area contributed by atoms with Crippen molar-refractivity contribution in [2.75, 3.05) is 6.61 Å². The van der Waals surface area contributed by atoms with Gasteiger partial charge in [-0.25, -0.2) is 0 Å². The first-order valence-corrected chi connectivity index (χ1v) is 2.85. The molecule has 0 unspecified atom stereocenters. The smallest absolute Gasteiger partial charge is 0.136 e. The van der Waals surface area contributed by atoms with E-state index >= 15 is 0 Å². The summed E-state index contributed by atoms with van der Waals surface area (Å²) in [5, 5.41) is 12.0. The summed E-state index contributed by atoms with van der Waals surface area (Å²) in [6.07, 6.45) is 2.26. The molecule has 0 radical (unpaired) electrons. The highest BCUT2D eigenvalue weighted by Crippen LogP contribution is 2.04. The average Bonchev–Trinajstić information content (AvgIpc) is 2.18. The van der Waals surface area contributed by atoms with Crippen LogP contribution in [-0.4, -0.2) is 16.9 Å². The van der Waals surface area contributed by atoms with Gasteiger partial charge in [-0.05, 0) is 6.92 Å². The summed E-state index contributed by atoms with van der Waals surface area (Å²) in [6, 6.07) is 0. The standard InChI is InChI=1S/C6H9NO2/c1-5-6(2-3-8)4-7-9-5/h4,8H,2-3H2,1H3. The van der Waals surface area contributed by atoms with E-state index in [9.17, 15) is 0 Å². The van der Waals surface area contributed by atoms with Gasteiger partial charge in [0.2, 0.25) is 0 Å². The summed E-state index contributed by atoms with van der Waals surface area (Å²) in [4.78, 5) is 0. The van der Waals surface area contributed by atoms with Gasteiger partial charge >= 0.3 is 0 Å². The molecule has 0 saturated heterocycles. The molecular formula is C6H9NO2. The predicted octanol–water partition coefficient (Wildman–Crippen LogP) is 0.518. The molecule has 1 aromatic rings. The first-order chi connectivity index (χ1) is 4.34. The van der Waals surface area contributed by atoms with Crippen LogP contribution in [0.25, 0.3) is 0 Å². The fourth-order valence-electron chi connectivity index (χ4n) is 0.680. The van der Waals surface area contributed by atoms with E-state index in [0.29, 0.717) is 6.42 Å². The molecule has 1 aromatic heterocycles. The number of aliphatic hydroxyl groups excluding tert-OH is 1. The molecule has 0 aliphatic rings. The number of aryl methyl sites for hydroxylation is 1. The molecule has 0 spiro atoms. The molecule has 0 aliphatic heterocycles. The summed E-state index contributed by atoms with van der Waals surface area (Å²) in [6.45, 7) is 1.99. The molecule has 0 aromatic carbocycles. The van der Waals surface area contributed by atoms with Crippen LogP contribution in [0.1, 0.15) is 11.3 Å². The SMILES string of the molecule is Cc1oncc1CCO. The van der Waals surface area contributed by atoms with E-state index in [4.69, 9.17) is 9.63 Å². The Balaban J connectivity index is 2.69. The molecule has 0 aliphatic carbocycles. The molecule has 1 rings (SSSR count). The topological polar surface area (TPSA) is 46.3 Å². The van der Waals surface area contributed by atoms with Gasteiger partial charge in [0.25, 0.3) is 0 Å². The van der Waals surface area contributed by atoms with Gasteiger partial charge in [0.1, 0.15) is 5.76 Å². The number of aliphatic hydroxyl groups is 1. The van der Waals surface area contributed by atoms with Crippen molar-refractivity contribution in [1.82, 2.24) is 5.16 Å². The maximum absolute atomic E-state index is 8.49. The maximum Gasteiger partial charge on any atom is 0.136 e. The highest BCUT2D eigenvalue weighted by atomic mass is 16.5. The van der Waals surface area contributed by atoms with Crippen LogP contribution in [0, 0.1) is 6.92 Å². The van der Waals surface area contributed by atoms with E-state index in [1.165, 1.54) is 0 Å². The minimum absolute atomic E-state index is 0.155. The summed E-state index contributed by atoms with van der Waals surface area (Å²) < 4.78 is 4.76. The van der Waals surface area contributed by atoms with E-state index in [-0.39, 0.29) is 6.61 Å². The molecule has 9 heavy (non-hydrogen) atoms. The molecule has 0 amide bonds. The Hall–Kier alpha value is -0.830. The first kappa shape index (κ1) is 6.29. The first-order valence-electron chi connectivity index (χ1n) is 2.85. The number of aromatic nitrogens is 1. The molecular weight excluding hydrogens is 118 g/mol. The molecule has 3 heteroatoms. The molecule has 0 atom stereocenters. The van der Waals surface area contributed by atoms with Crippen molar-refractivity contribution >= 4 is 0 Å². The van der Waals surface area contributed by atoms with Gasteiger partial charge < -0.3 is 9.63 Å². The lowest BCUT2D eigenvalue weighted by molar-refractivity contribution is 0.298. The van der Waals surface area contributed by atoms with Crippen molar-refractivity contribution in [2.24, 2.45) is 0 Å². The predicted molar refractivity (Wildman–Crippen MR) is 32.0 cm³/mol.